The second-order valence-electron chi connectivity index (χ2n) is 12.1. The van der Waals surface area contributed by atoms with Gasteiger partial charge in [0.25, 0.3) is 0 Å². The average Bonchev–Trinajstić information content (AvgIpc) is 3.14. The average molecular weight is 635 g/mol. The Morgan fingerprint density at radius 2 is 1.24 bits per heavy atom. The van der Waals surface area contributed by atoms with Crippen molar-refractivity contribution in [1.29, 1.82) is 0 Å². The van der Waals surface area contributed by atoms with Gasteiger partial charge in [-0.25, -0.2) is 9.98 Å². The van der Waals surface area contributed by atoms with Crippen LogP contribution in [0.4, 0.5) is 22.7 Å². The van der Waals surface area contributed by atoms with Gasteiger partial charge in [-0.2, -0.15) is 0 Å². The van der Waals surface area contributed by atoms with Crippen LogP contribution in [0.2, 0.25) is 0 Å². The van der Waals surface area contributed by atoms with Gasteiger partial charge in [0.05, 0.1) is 51.3 Å². The fourth-order valence-corrected chi connectivity index (χ4v) is 6.89. The standard InChI is InChI=1S/C42H26N4O3/c47-38-23-34(42(49)30-16-6-4-14-28(30)38)43-31-17-7-8-18-32(31)44-41-29-15-5-3-13-27(29)39(48)24-37(41)46-35-20-10-9-19-33(35)45-40-26-12-2-1-11-25(26)21-22-36(40)46/h1-20,22-24,43H,21H2. The quantitative estimate of drug-likeness (QED) is 0.215. The molecule has 0 unspecified atom stereocenters. The molecule has 9 rings (SSSR count). The van der Waals surface area contributed by atoms with Crippen molar-refractivity contribution in [3.05, 3.63) is 190 Å². The molecule has 0 bridgehead atoms. The number of benzene rings is 5. The lowest BCUT2D eigenvalue weighted by Crippen LogP contribution is -2.37. The molecule has 3 aliphatic carbocycles. The molecule has 0 radical (unpaired) electrons. The summed E-state index contributed by atoms with van der Waals surface area (Å²) in [6, 6.07) is 37.8. The lowest BCUT2D eigenvalue weighted by molar-refractivity contribution is 0.0985. The Balaban J connectivity index is 1.20. The molecule has 0 saturated heterocycles. The number of fused-ring (bicyclic) bond motifs is 6. The van der Waals surface area contributed by atoms with Gasteiger partial charge in [0.2, 0.25) is 5.78 Å². The third kappa shape index (κ3) is 4.63. The summed E-state index contributed by atoms with van der Waals surface area (Å²) in [5.74, 6) is -0.632. The Bertz CT molecular complexity index is 2460. The summed E-state index contributed by atoms with van der Waals surface area (Å²) in [6.45, 7) is 0. The first-order chi connectivity index (χ1) is 24.0. The van der Waals surface area contributed by atoms with Crippen molar-refractivity contribution in [3.8, 4) is 0 Å². The minimum Gasteiger partial charge on any atom is -0.350 e. The second-order valence-corrected chi connectivity index (χ2v) is 12.1. The van der Waals surface area contributed by atoms with Crippen LogP contribution in [-0.2, 0) is 6.42 Å². The van der Waals surface area contributed by atoms with Crippen molar-refractivity contribution in [3.63, 3.8) is 0 Å². The molecule has 7 nitrogen and oxygen atoms in total. The van der Waals surface area contributed by atoms with Gasteiger partial charge >= 0.3 is 0 Å². The van der Waals surface area contributed by atoms with E-state index in [2.05, 4.69) is 28.4 Å². The van der Waals surface area contributed by atoms with Crippen LogP contribution < -0.4 is 10.2 Å². The Labute approximate surface area is 282 Å². The fourth-order valence-electron chi connectivity index (χ4n) is 6.89. The van der Waals surface area contributed by atoms with Crippen LogP contribution in [-0.4, -0.2) is 28.8 Å². The van der Waals surface area contributed by atoms with Crippen molar-refractivity contribution in [1.82, 2.24) is 0 Å². The first-order valence-corrected chi connectivity index (χ1v) is 16.0. The molecule has 0 saturated carbocycles. The third-order valence-corrected chi connectivity index (χ3v) is 9.19. The van der Waals surface area contributed by atoms with Gasteiger partial charge in [-0.1, -0.05) is 103 Å². The minimum absolute atomic E-state index is 0.121. The van der Waals surface area contributed by atoms with E-state index >= 15 is 0 Å². The zero-order valence-corrected chi connectivity index (χ0v) is 26.1. The molecule has 1 N–H and O–H groups in total. The lowest BCUT2D eigenvalue weighted by atomic mass is 9.87. The van der Waals surface area contributed by atoms with E-state index in [1.807, 2.05) is 84.9 Å². The van der Waals surface area contributed by atoms with Crippen LogP contribution in [0.25, 0.3) is 0 Å². The van der Waals surface area contributed by atoms with Crippen molar-refractivity contribution >= 4 is 51.5 Å². The summed E-state index contributed by atoms with van der Waals surface area (Å²) in [7, 11) is 0. The Kier molecular flexibility index (Phi) is 6.52. The fraction of sp³-hybridized carbons (Fsp3) is 0.0238. The van der Waals surface area contributed by atoms with Crippen LogP contribution in [0.5, 0.6) is 0 Å². The number of ketones is 3. The number of carbonyl (C=O) groups is 3. The van der Waals surface area contributed by atoms with Crippen LogP contribution in [0.15, 0.2) is 167 Å². The molecule has 0 amide bonds. The Morgan fingerprint density at radius 3 is 2.08 bits per heavy atom. The van der Waals surface area contributed by atoms with Crippen LogP contribution >= 0.6 is 0 Å². The summed E-state index contributed by atoms with van der Waals surface area (Å²) >= 11 is 0. The van der Waals surface area contributed by atoms with E-state index in [1.165, 1.54) is 11.6 Å². The second kappa shape index (κ2) is 11.2. The number of hydrogen-bond donors (Lipinski definition) is 1. The first kappa shape index (κ1) is 28.5. The van der Waals surface area contributed by atoms with Crippen LogP contribution in [0.3, 0.4) is 0 Å². The van der Waals surface area contributed by atoms with Gasteiger partial charge in [0, 0.05) is 40.0 Å². The predicted octanol–water partition coefficient (Wildman–Crippen LogP) is 8.34. The number of rotatable bonds is 4. The Hall–Kier alpha value is -6.73. The van der Waals surface area contributed by atoms with Gasteiger partial charge in [-0.15, -0.1) is 0 Å². The third-order valence-electron chi connectivity index (χ3n) is 9.19. The molecule has 232 valence electrons. The highest BCUT2D eigenvalue weighted by Crippen LogP contribution is 2.44. The van der Waals surface area contributed by atoms with E-state index in [9.17, 15) is 14.4 Å². The number of hydrogen-bond acceptors (Lipinski definition) is 7. The maximum atomic E-state index is 13.8. The van der Waals surface area contributed by atoms with E-state index in [4.69, 9.17) is 9.98 Å². The summed E-state index contributed by atoms with van der Waals surface area (Å²) in [5.41, 5.74) is 10.0. The largest absolute Gasteiger partial charge is 0.350 e. The molecule has 1 aliphatic heterocycles. The highest BCUT2D eigenvalue weighted by Gasteiger charge is 2.36. The maximum absolute atomic E-state index is 13.8. The highest BCUT2D eigenvalue weighted by molar-refractivity contribution is 6.31. The summed E-state index contributed by atoms with van der Waals surface area (Å²) < 4.78 is 0. The smallest absolute Gasteiger partial charge is 0.210 e. The van der Waals surface area contributed by atoms with Gasteiger partial charge in [-0.3, -0.25) is 14.4 Å². The molecule has 4 aliphatic rings. The lowest BCUT2D eigenvalue weighted by Gasteiger charge is -2.38. The normalized spacial score (nSPS) is 16.7. The number of nitrogens with one attached hydrogen (secondary N) is 1. The zero-order valence-electron chi connectivity index (χ0n) is 26.1. The molecule has 1 heterocycles. The molecule has 0 atom stereocenters. The van der Waals surface area contributed by atoms with E-state index in [1.54, 1.807) is 30.3 Å². The van der Waals surface area contributed by atoms with Gasteiger partial charge < -0.3 is 10.2 Å². The minimum atomic E-state index is -0.270. The number of Topliss-reactive ketones (excluding diaryl/α,β-unsaturated/α-hetero) is 1. The van der Waals surface area contributed by atoms with E-state index in [0.29, 0.717) is 51.5 Å². The molecule has 5 aromatic rings. The van der Waals surface area contributed by atoms with Crippen molar-refractivity contribution < 1.29 is 14.4 Å². The molecule has 49 heavy (non-hydrogen) atoms. The highest BCUT2D eigenvalue weighted by atomic mass is 16.1. The maximum Gasteiger partial charge on any atom is 0.210 e. The number of allylic oxidation sites excluding steroid dienone is 6. The molecule has 0 fully saturated rings. The number of para-hydroxylation sites is 4. The topological polar surface area (TPSA) is 91.2 Å². The van der Waals surface area contributed by atoms with Crippen LogP contribution in [0.1, 0.15) is 47.8 Å². The predicted molar refractivity (Wildman–Crippen MR) is 192 cm³/mol. The van der Waals surface area contributed by atoms with E-state index < -0.39 is 0 Å². The summed E-state index contributed by atoms with van der Waals surface area (Å²) in [4.78, 5) is 52.7. The zero-order chi connectivity index (χ0) is 33.1. The molecule has 5 aromatic carbocycles. The summed E-state index contributed by atoms with van der Waals surface area (Å²) in [5, 5.41) is 3.21. The molecular formula is C42H26N4O3. The summed E-state index contributed by atoms with van der Waals surface area (Å²) in [6.07, 6.45) is 5.87. The van der Waals surface area contributed by atoms with Gasteiger partial charge in [0.15, 0.2) is 11.6 Å². The van der Waals surface area contributed by atoms with Crippen molar-refractivity contribution in [2.75, 3.05) is 10.2 Å². The van der Waals surface area contributed by atoms with E-state index in [0.717, 1.165) is 28.3 Å². The van der Waals surface area contributed by atoms with Crippen LogP contribution in [0, 0.1) is 0 Å². The molecule has 0 aromatic heterocycles. The Morgan fingerprint density at radius 1 is 0.612 bits per heavy atom. The monoisotopic (exact) mass is 634 g/mol. The first-order valence-electron chi connectivity index (χ1n) is 16.0. The molecule has 0 spiro atoms. The molecule has 7 heteroatoms. The van der Waals surface area contributed by atoms with Crippen molar-refractivity contribution in [2.45, 2.75) is 6.42 Å². The number of nitrogens with zero attached hydrogens (tertiary/aromatic N) is 3. The van der Waals surface area contributed by atoms with Crippen molar-refractivity contribution in [2.24, 2.45) is 9.98 Å². The van der Waals surface area contributed by atoms with E-state index in [-0.39, 0.29) is 23.0 Å². The van der Waals surface area contributed by atoms with Gasteiger partial charge in [0.1, 0.15) is 0 Å². The number of anilines is 2. The number of carbonyl (C=O) groups excluding carboxylic acids is 3. The SMILES string of the molecule is O=C1C=C(Nc2ccccc2N=C2C(N3C4=CCc5ccccc5C4=Nc4ccccc43)=CC(=O)c3ccccc32)C(=O)c2ccccc21. The number of aliphatic imine (C=N–C) groups is 2. The molecular weight excluding hydrogens is 608 g/mol. The van der Waals surface area contributed by atoms with Gasteiger partial charge in [-0.05, 0) is 36.2 Å².